The summed E-state index contributed by atoms with van der Waals surface area (Å²) in [6, 6.07) is 16.8. The fraction of sp³-hybridized carbons (Fsp3) is 0.400. The van der Waals surface area contributed by atoms with Gasteiger partial charge in [-0.2, -0.15) is 0 Å². The molecule has 4 heterocycles. The average Bonchev–Trinajstić information content (AvgIpc) is 3.12. The van der Waals surface area contributed by atoms with Crippen LogP contribution in [0, 0.1) is 0 Å². The number of piperazine rings is 1. The van der Waals surface area contributed by atoms with Gasteiger partial charge in [0, 0.05) is 62.0 Å². The third kappa shape index (κ3) is 7.13. The van der Waals surface area contributed by atoms with E-state index in [0.29, 0.717) is 55.7 Å². The van der Waals surface area contributed by atoms with Crippen molar-refractivity contribution in [2.24, 2.45) is 0 Å². The van der Waals surface area contributed by atoms with Crippen molar-refractivity contribution in [2.45, 2.75) is 18.9 Å². The first-order valence-corrected chi connectivity index (χ1v) is 15.7. The van der Waals surface area contributed by atoms with E-state index in [9.17, 15) is 14.7 Å². The molecule has 2 aromatic heterocycles. The number of carbonyl (C=O) groups is 1. The maximum Gasteiger partial charge on any atom is 0.306 e. The Hall–Kier alpha value is -4.81. The summed E-state index contributed by atoms with van der Waals surface area (Å²) in [7, 11) is 4.55. The number of fused-ring (bicyclic) bond motifs is 1. The van der Waals surface area contributed by atoms with Gasteiger partial charge in [-0.3, -0.25) is 14.5 Å². The minimum atomic E-state index is -0.858. The smallest absolute Gasteiger partial charge is 0.306 e. The number of hydrogen-bond acceptors (Lipinski definition) is 12. The van der Waals surface area contributed by atoms with Crippen LogP contribution >= 0.6 is 0 Å². The van der Waals surface area contributed by atoms with Gasteiger partial charge in [-0.05, 0) is 48.5 Å². The Morgan fingerprint density at radius 1 is 0.894 bits per heavy atom. The van der Waals surface area contributed by atoms with Gasteiger partial charge in [0.15, 0.2) is 5.76 Å². The van der Waals surface area contributed by atoms with E-state index in [1.54, 1.807) is 14.2 Å². The zero-order valence-corrected chi connectivity index (χ0v) is 26.9. The highest BCUT2D eigenvalue weighted by atomic mass is 16.5. The molecule has 0 radical (unpaired) electrons. The zero-order chi connectivity index (χ0) is 32.9. The van der Waals surface area contributed by atoms with Crippen LogP contribution in [0.2, 0.25) is 0 Å². The number of anilines is 2. The maximum atomic E-state index is 13.2. The van der Waals surface area contributed by atoms with Crippen LogP contribution in [0.15, 0.2) is 63.8 Å². The van der Waals surface area contributed by atoms with Crippen molar-refractivity contribution in [1.82, 2.24) is 9.88 Å². The lowest BCUT2D eigenvalue weighted by Gasteiger charge is -2.36. The van der Waals surface area contributed by atoms with Crippen LogP contribution in [0.3, 0.4) is 0 Å². The molecule has 2 saturated heterocycles. The summed E-state index contributed by atoms with van der Waals surface area (Å²) < 4.78 is 27.8. The Morgan fingerprint density at radius 3 is 2.28 bits per heavy atom. The largest absolute Gasteiger partial charge is 0.502 e. The molecule has 2 fully saturated rings. The summed E-state index contributed by atoms with van der Waals surface area (Å²) in [5.41, 5.74) is 1.91. The van der Waals surface area contributed by atoms with Crippen molar-refractivity contribution in [3.8, 4) is 17.2 Å². The van der Waals surface area contributed by atoms with Crippen LogP contribution < -0.4 is 24.7 Å². The van der Waals surface area contributed by atoms with Crippen molar-refractivity contribution in [3.05, 3.63) is 81.9 Å². The molecule has 0 saturated carbocycles. The van der Waals surface area contributed by atoms with Gasteiger partial charge in [0.05, 0.1) is 58.9 Å². The molecule has 47 heavy (non-hydrogen) atoms. The van der Waals surface area contributed by atoms with Crippen LogP contribution in [-0.4, -0.2) is 94.8 Å². The molecule has 12 heteroatoms. The number of aromatic hydroxyl groups is 1. The van der Waals surface area contributed by atoms with E-state index in [1.165, 1.54) is 13.2 Å². The molecule has 2 aliphatic heterocycles. The first-order chi connectivity index (χ1) is 22.9. The monoisotopic (exact) mass is 644 g/mol. The number of ether oxygens (including phenoxy) is 4. The summed E-state index contributed by atoms with van der Waals surface area (Å²) in [4.78, 5) is 37.7. The van der Waals surface area contributed by atoms with E-state index in [-0.39, 0.29) is 12.2 Å². The SMILES string of the molecule is COC(=O)C[C@H](c1cc2cc(OC)ccc2nc1N1CCOCC1)c1oc(CN2CCN(c3ccc(OC)cc3)CC2)cc(=O)c1O. The maximum absolute atomic E-state index is 13.2. The Balaban J connectivity index is 1.34. The van der Waals surface area contributed by atoms with Gasteiger partial charge >= 0.3 is 5.97 Å². The van der Waals surface area contributed by atoms with Gasteiger partial charge in [0.1, 0.15) is 23.1 Å². The number of esters is 1. The number of hydrogen-bond donors (Lipinski definition) is 1. The van der Waals surface area contributed by atoms with Crippen molar-refractivity contribution >= 4 is 28.4 Å². The van der Waals surface area contributed by atoms with E-state index in [0.717, 1.165) is 48.5 Å². The number of methoxy groups -OCH3 is 3. The molecule has 0 aliphatic carbocycles. The highest BCUT2D eigenvalue weighted by molar-refractivity contribution is 5.84. The lowest BCUT2D eigenvalue weighted by molar-refractivity contribution is -0.140. The fourth-order valence-corrected chi connectivity index (χ4v) is 6.21. The zero-order valence-electron chi connectivity index (χ0n) is 26.9. The number of nitrogens with zero attached hydrogens (tertiary/aromatic N) is 4. The predicted molar refractivity (Wildman–Crippen MR) is 177 cm³/mol. The van der Waals surface area contributed by atoms with Gasteiger partial charge in [-0.1, -0.05) is 0 Å². The third-order valence-electron chi connectivity index (χ3n) is 8.82. The number of rotatable bonds is 10. The summed E-state index contributed by atoms with van der Waals surface area (Å²) in [6.07, 6.45) is -0.175. The van der Waals surface area contributed by atoms with Gasteiger partial charge in [-0.15, -0.1) is 0 Å². The van der Waals surface area contributed by atoms with Gasteiger partial charge in [-0.25, -0.2) is 4.98 Å². The molecular weight excluding hydrogens is 604 g/mol. The Morgan fingerprint density at radius 2 is 1.60 bits per heavy atom. The number of carbonyl (C=O) groups excluding carboxylic acids is 1. The molecule has 248 valence electrons. The molecule has 1 atom stereocenters. The molecular formula is C35H40N4O8. The second kappa shape index (κ2) is 14.3. The minimum absolute atomic E-state index is 0.00771. The molecule has 4 aromatic rings. The number of aromatic nitrogens is 1. The van der Waals surface area contributed by atoms with Crippen LogP contribution in [0.25, 0.3) is 10.9 Å². The van der Waals surface area contributed by atoms with Gasteiger partial charge in [0.25, 0.3) is 0 Å². The molecule has 1 N–H and O–H groups in total. The first kappa shape index (κ1) is 32.1. The lowest BCUT2D eigenvalue weighted by atomic mass is 9.91. The van der Waals surface area contributed by atoms with E-state index >= 15 is 0 Å². The fourth-order valence-electron chi connectivity index (χ4n) is 6.21. The number of benzene rings is 2. The van der Waals surface area contributed by atoms with Crippen LogP contribution in [-0.2, 0) is 20.8 Å². The third-order valence-corrected chi connectivity index (χ3v) is 8.82. The normalized spacial score (nSPS) is 16.2. The highest BCUT2D eigenvalue weighted by Gasteiger charge is 2.32. The summed E-state index contributed by atoms with van der Waals surface area (Å²) in [6.45, 7) is 5.66. The minimum Gasteiger partial charge on any atom is -0.502 e. The van der Waals surface area contributed by atoms with Crippen molar-refractivity contribution in [1.29, 1.82) is 0 Å². The van der Waals surface area contributed by atoms with Gasteiger partial charge in [0.2, 0.25) is 11.2 Å². The van der Waals surface area contributed by atoms with Crippen LogP contribution in [0.4, 0.5) is 11.5 Å². The van der Waals surface area contributed by atoms with E-state index in [4.69, 9.17) is 28.3 Å². The standard InChI is InChI=1S/C35H40N4O8/c1-43-25-6-4-24(5-7-25)38-12-10-37(11-13-38)22-27-20-31(40)33(42)34(47-27)28(21-32(41)45-3)29-19-23-18-26(44-2)8-9-30(23)36-35(29)39-14-16-46-17-15-39/h4-9,18-20,28,42H,10-17,21-22H2,1-3H3/t28-/m1/s1. The van der Waals surface area contributed by atoms with E-state index in [1.807, 2.05) is 48.5 Å². The molecule has 12 nitrogen and oxygen atoms in total. The quantitative estimate of drug-likeness (QED) is 0.253. The highest BCUT2D eigenvalue weighted by Crippen LogP contribution is 2.40. The van der Waals surface area contributed by atoms with E-state index < -0.39 is 23.1 Å². The van der Waals surface area contributed by atoms with Crippen molar-refractivity contribution in [2.75, 3.05) is 83.6 Å². The molecule has 6 rings (SSSR count). The van der Waals surface area contributed by atoms with Crippen molar-refractivity contribution in [3.63, 3.8) is 0 Å². The summed E-state index contributed by atoms with van der Waals surface area (Å²) in [5, 5.41) is 12.0. The lowest BCUT2D eigenvalue weighted by Crippen LogP contribution is -2.46. The Kier molecular flexibility index (Phi) is 9.79. The Bertz CT molecular complexity index is 1760. The summed E-state index contributed by atoms with van der Waals surface area (Å²) in [5.74, 6) is 0.586. The Labute approximate surface area is 273 Å². The predicted octanol–water partition coefficient (Wildman–Crippen LogP) is 3.76. The van der Waals surface area contributed by atoms with Crippen LogP contribution in [0.1, 0.15) is 29.4 Å². The number of pyridine rings is 1. The summed E-state index contributed by atoms with van der Waals surface area (Å²) >= 11 is 0. The van der Waals surface area contributed by atoms with Gasteiger partial charge < -0.3 is 38.3 Å². The second-order valence-electron chi connectivity index (χ2n) is 11.6. The van der Waals surface area contributed by atoms with E-state index in [2.05, 4.69) is 14.7 Å². The topological polar surface area (TPSA) is 127 Å². The molecule has 2 aromatic carbocycles. The molecule has 0 spiro atoms. The molecule has 0 amide bonds. The van der Waals surface area contributed by atoms with Crippen molar-refractivity contribution < 1.29 is 33.3 Å². The molecule has 0 unspecified atom stereocenters. The first-order valence-electron chi connectivity index (χ1n) is 15.7. The average molecular weight is 645 g/mol. The van der Waals surface area contributed by atoms with Crippen LogP contribution in [0.5, 0.6) is 17.2 Å². The molecule has 0 bridgehead atoms. The second-order valence-corrected chi connectivity index (χ2v) is 11.6. The number of morpholine rings is 1. The molecule has 2 aliphatic rings.